The van der Waals surface area contributed by atoms with Crippen LogP contribution in [0.25, 0.3) is 0 Å². The molecule has 1 aromatic carbocycles. The van der Waals surface area contributed by atoms with Crippen molar-refractivity contribution in [2.75, 3.05) is 19.6 Å². The summed E-state index contributed by atoms with van der Waals surface area (Å²) in [7, 11) is 0. The number of carbonyl (C=O) groups excluding carboxylic acids is 3. The highest BCUT2D eigenvalue weighted by atomic mass is 16.6. The fourth-order valence-electron chi connectivity index (χ4n) is 2.54. The van der Waals surface area contributed by atoms with Gasteiger partial charge < -0.3 is 9.64 Å². The number of allylic oxidation sites excluding steroid dienone is 1. The fraction of sp³-hybridized carbons (Fsp3) is 0.450. The second kappa shape index (κ2) is 7.72. The van der Waals surface area contributed by atoms with Crippen molar-refractivity contribution >= 4 is 17.9 Å². The summed E-state index contributed by atoms with van der Waals surface area (Å²) in [6, 6.07) is 6.75. The van der Waals surface area contributed by atoms with Crippen LogP contribution in [0.5, 0.6) is 0 Å². The van der Waals surface area contributed by atoms with Gasteiger partial charge in [-0.25, -0.2) is 4.79 Å². The van der Waals surface area contributed by atoms with Crippen molar-refractivity contribution in [3.63, 3.8) is 0 Å². The summed E-state index contributed by atoms with van der Waals surface area (Å²) in [4.78, 5) is 40.0. The Labute approximate surface area is 154 Å². The van der Waals surface area contributed by atoms with Crippen molar-refractivity contribution < 1.29 is 19.1 Å². The zero-order valence-corrected chi connectivity index (χ0v) is 16.0. The quantitative estimate of drug-likeness (QED) is 0.597. The average molecular weight is 358 g/mol. The van der Waals surface area contributed by atoms with E-state index in [1.54, 1.807) is 45.0 Å². The predicted molar refractivity (Wildman–Crippen MR) is 99.0 cm³/mol. The van der Waals surface area contributed by atoms with Crippen LogP contribution in [0.2, 0.25) is 0 Å². The Bertz CT molecular complexity index is 707. The molecule has 0 spiro atoms. The number of hydrogen-bond acceptors (Lipinski definition) is 4. The summed E-state index contributed by atoms with van der Waals surface area (Å²) in [5.41, 5.74) is 1.27. The number of carbonyl (C=O) groups is 3. The molecule has 0 unspecified atom stereocenters. The molecule has 0 aromatic heterocycles. The minimum Gasteiger partial charge on any atom is -0.444 e. The van der Waals surface area contributed by atoms with Crippen LogP contribution in [0.3, 0.4) is 0 Å². The summed E-state index contributed by atoms with van der Waals surface area (Å²) < 4.78 is 5.43. The van der Waals surface area contributed by atoms with Crippen LogP contribution in [-0.2, 0) is 4.74 Å². The van der Waals surface area contributed by atoms with Gasteiger partial charge in [-0.05, 0) is 46.8 Å². The van der Waals surface area contributed by atoms with E-state index in [9.17, 15) is 14.4 Å². The summed E-state index contributed by atoms with van der Waals surface area (Å²) in [6.07, 6.45) is 1.44. The third kappa shape index (κ3) is 4.71. The van der Waals surface area contributed by atoms with Crippen LogP contribution >= 0.6 is 0 Å². The molecule has 0 radical (unpaired) electrons. The van der Waals surface area contributed by atoms with Crippen molar-refractivity contribution in [2.45, 2.75) is 40.2 Å². The van der Waals surface area contributed by atoms with E-state index in [0.717, 1.165) is 5.57 Å². The number of ether oxygens (including phenoxy) is 1. The standard InChI is InChI=1S/C20H26N2O4/c1-14(2)10-11-21(19(25)26-20(3,4)5)12-13-22-17(23)15-8-6-7-9-16(15)18(22)24/h6-10H,11-13H2,1-5H3. The fourth-order valence-corrected chi connectivity index (χ4v) is 2.54. The van der Waals surface area contributed by atoms with E-state index >= 15 is 0 Å². The molecule has 0 fully saturated rings. The molecule has 0 atom stereocenters. The minimum absolute atomic E-state index is 0.127. The van der Waals surface area contributed by atoms with Gasteiger partial charge in [-0.1, -0.05) is 23.8 Å². The first-order valence-corrected chi connectivity index (χ1v) is 8.66. The Morgan fingerprint density at radius 2 is 1.65 bits per heavy atom. The van der Waals surface area contributed by atoms with Crippen LogP contribution in [0.15, 0.2) is 35.9 Å². The maximum atomic E-state index is 12.4. The number of nitrogens with zero attached hydrogens (tertiary/aromatic N) is 2. The zero-order valence-electron chi connectivity index (χ0n) is 16.0. The maximum Gasteiger partial charge on any atom is 0.410 e. The molecule has 1 aliphatic heterocycles. The number of rotatable bonds is 5. The van der Waals surface area contributed by atoms with Gasteiger partial charge in [-0.15, -0.1) is 0 Å². The van der Waals surface area contributed by atoms with E-state index < -0.39 is 11.7 Å². The molecule has 3 amide bonds. The molecular formula is C20H26N2O4. The molecule has 26 heavy (non-hydrogen) atoms. The highest BCUT2D eigenvalue weighted by Crippen LogP contribution is 2.22. The number of benzene rings is 1. The zero-order chi connectivity index (χ0) is 19.5. The van der Waals surface area contributed by atoms with E-state index in [4.69, 9.17) is 4.74 Å². The Morgan fingerprint density at radius 1 is 1.12 bits per heavy atom. The smallest absolute Gasteiger partial charge is 0.410 e. The highest BCUT2D eigenvalue weighted by Gasteiger charge is 2.35. The molecule has 1 heterocycles. The molecule has 0 N–H and O–H groups in total. The van der Waals surface area contributed by atoms with Crippen LogP contribution in [-0.4, -0.2) is 52.9 Å². The maximum absolute atomic E-state index is 12.4. The molecule has 0 saturated carbocycles. The summed E-state index contributed by atoms with van der Waals surface area (Å²) in [6.45, 7) is 9.98. The molecular weight excluding hydrogens is 332 g/mol. The lowest BCUT2D eigenvalue weighted by Crippen LogP contribution is -2.43. The van der Waals surface area contributed by atoms with Gasteiger partial charge in [-0.2, -0.15) is 0 Å². The first-order valence-electron chi connectivity index (χ1n) is 8.66. The molecule has 0 saturated heterocycles. The van der Waals surface area contributed by atoms with Crippen LogP contribution < -0.4 is 0 Å². The molecule has 2 rings (SSSR count). The van der Waals surface area contributed by atoms with Crippen LogP contribution in [0, 0.1) is 0 Å². The van der Waals surface area contributed by atoms with E-state index in [0.29, 0.717) is 17.7 Å². The average Bonchev–Trinajstić information content (AvgIpc) is 2.78. The molecule has 140 valence electrons. The van der Waals surface area contributed by atoms with E-state index in [1.807, 2.05) is 19.9 Å². The molecule has 0 bridgehead atoms. The van der Waals surface area contributed by atoms with Crippen LogP contribution in [0.1, 0.15) is 55.3 Å². The number of imide groups is 1. The van der Waals surface area contributed by atoms with Crippen molar-refractivity contribution in [1.82, 2.24) is 9.80 Å². The van der Waals surface area contributed by atoms with E-state index in [2.05, 4.69) is 0 Å². The number of fused-ring (bicyclic) bond motifs is 1. The minimum atomic E-state index is -0.615. The van der Waals surface area contributed by atoms with Crippen molar-refractivity contribution in [3.05, 3.63) is 47.0 Å². The van der Waals surface area contributed by atoms with Gasteiger partial charge in [-0.3, -0.25) is 14.5 Å². The van der Waals surface area contributed by atoms with Gasteiger partial charge in [0.15, 0.2) is 0 Å². The van der Waals surface area contributed by atoms with E-state index in [-0.39, 0.29) is 24.9 Å². The largest absolute Gasteiger partial charge is 0.444 e. The molecule has 0 aliphatic carbocycles. The third-order valence-corrected chi connectivity index (χ3v) is 3.84. The number of amides is 3. The Balaban J connectivity index is 2.09. The van der Waals surface area contributed by atoms with E-state index in [1.165, 1.54) is 9.80 Å². The number of hydrogen-bond donors (Lipinski definition) is 0. The normalized spacial score (nSPS) is 13.5. The third-order valence-electron chi connectivity index (χ3n) is 3.84. The molecule has 1 aromatic rings. The molecule has 6 heteroatoms. The van der Waals surface area contributed by atoms with Gasteiger partial charge in [0.05, 0.1) is 11.1 Å². The lowest BCUT2D eigenvalue weighted by molar-refractivity contribution is 0.0248. The van der Waals surface area contributed by atoms with Gasteiger partial charge in [0.1, 0.15) is 5.60 Å². The van der Waals surface area contributed by atoms with Crippen molar-refractivity contribution in [2.24, 2.45) is 0 Å². The topological polar surface area (TPSA) is 66.9 Å². The Kier molecular flexibility index (Phi) is 5.85. The van der Waals surface area contributed by atoms with Crippen molar-refractivity contribution in [3.8, 4) is 0 Å². The monoisotopic (exact) mass is 358 g/mol. The van der Waals surface area contributed by atoms with Gasteiger partial charge in [0.2, 0.25) is 0 Å². The summed E-state index contributed by atoms with van der Waals surface area (Å²) >= 11 is 0. The first kappa shape index (κ1) is 19.7. The lowest BCUT2D eigenvalue weighted by Gasteiger charge is -2.28. The Morgan fingerprint density at radius 3 is 2.12 bits per heavy atom. The summed E-state index contributed by atoms with van der Waals surface area (Å²) in [5.74, 6) is -0.645. The van der Waals surface area contributed by atoms with Crippen molar-refractivity contribution in [1.29, 1.82) is 0 Å². The van der Waals surface area contributed by atoms with Gasteiger partial charge in [0, 0.05) is 19.6 Å². The molecule has 6 nitrogen and oxygen atoms in total. The second-order valence-corrected chi connectivity index (χ2v) is 7.52. The van der Waals surface area contributed by atoms with Gasteiger partial charge >= 0.3 is 6.09 Å². The highest BCUT2D eigenvalue weighted by molar-refractivity contribution is 6.21. The lowest BCUT2D eigenvalue weighted by atomic mass is 10.1. The molecule has 1 aliphatic rings. The van der Waals surface area contributed by atoms with Gasteiger partial charge in [0.25, 0.3) is 11.8 Å². The first-order chi connectivity index (χ1) is 12.1. The second-order valence-electron chi connectivity index (χ2n) is 7.52. The SMILES string of the molecule is CC(C)=CCN(CCN1C(=O)c2ccccc2C1=O)C(=O)OC(C)(C)C. The Hall–Kier alpha value is -2.63. The predicted octanol–water partition coefficient (Wildman–Crippen LogP) is 3.49. The summed E-state index contributed by atoms with van der Waals surface area (Å²) in [5, 5.41) is 0. The van der Waals surface area contributed by atoms with Crippen LogP contribution in [0.4, 0.5) is 4.79 Å².